The van der Waals surface area contributed by atoms with E-state index in [1.54, 1.807) is 0 Å². The van der Waals surface area contributed by atoms with Gasteiger partial charge in [-0.25, -0.2) is 0 Å². The highest BCUT2D eigenvalue weighted by atomic mass is 35.5. The van der Waals surface area contributed by atoms with Crippen molar-refractivity contribution in [2.75, 3.05) is 25.0 Å². The molecule has 1 aliphatic carbocycles. The average molecular weight is 502 g/mol. The van der Waals surface area contributed by atoms with Gasteiger partial charge in [0.15, 0.2) is 0 Å². The van der Waals surface area contributed by atoms with Crippen LogP contribution < -0.4 is 10.2 Å². The van der Waals surface area contributed by atoms with Crippen LogP contribution in [-0.4, -0.2) is 47.3 Å². The summed E-state index contributed by atoms with van der Waals surface area (Å²) in [5.74, 6) is -1.33. The monoisotopic (exact) mass is 501 g/mol. The third kappa shape index (κ3) is 8.22. The van der Waals surface area contributed by atoms with Crippen molar-refractivity contribution in [1.82, 2.24) is 10.3 Å². The number of nitrogens with one attached hydrogen (secondary N) is 1. The minimum absolute atomic E-state index is 0.296. The molecule has 190 valence electrons. The van der Waals surface area contributed by atoms with Crippen molar-refractivity contribution in [3.05, 3.63) is 52.3 Å². The zero-order valence-corrected chi connectivity index (χ0v) is 21.2. The van der Waals surface area contributed by atoms with Crippen LogP contribution in [0.4, 0.5) is 11.4 Å². The highest BCUT2D eigenvalue weighted by molar-refractivity contribution is 6.33. The van der Waals surface area contributed by atoms with Crippen LogP contribution in [0.15, 0.2) is 30.5 Å². The smallest absolute Gasteiger partial charge is 0.303 e. The topological polar surface area (TPSA) is 103 Å². The predicted octanol–water partition coefficient (Wildman–Crippen LogP) is 5.25. The zero-order chi connectivity index (χ0) is 25.2. The first-order valence-electron chi connectivity index (χ1n) is 12.5. The molecule has 0 unspecified atom stereocenters. The zero-order valence-electron chi connectivity index (χ0n) is 20.4. The molecule has 0 saturated heterocycles. The standard InChI is InChI=1S/C23H30ClN3.C4H6O4/c1-27(23-21-12-14-25-13-11-18(21)7-10-22(23)24)20-9-8-19(26-16-20)15-17-5-3-2-4-6-17;5-3(6)1-2-4(7)8/h7-10,16-17,25H,2-6,11-15H2,1H3;1-2H2,(H,5,6)(H,7,8). The third-order valence-electron chi connectivity index (χ3n) is 6.76. The van der Waals surface area contributed by atoms with Gasteiger partial charge in [-0.05, 0) is 67.6 Å². The number of carboxylic acids is 2. The van der Waals surface area contributed by atoms with Gasteiger partial charge in [0.05, 0.1) is 35.4 Å². The summed E-state index contributed by atoms with van der Waals surface area (Å²) in [6.45, 7) is 2.04. The van der Waals surface area contributed by atoms with Crippen molar-refractivity contribution in [2.24, 2.45) is 5.92 Å². The number of carboxylic acid groups (broad SMARTS) is 2. The van der Waals surface area contributed by atoms with Crippen LogP contribution in [0.25, 0.3) is 0 Å². The summed E-state index contributed by atoms with van der Waals surface area (Å²) in [6, 6.07) is 8.64. The minimum Gasteiger partial charge on any atom is -0.481 e. The number of hydrogen-bond acceptors (Lipinski definition) is 5. The van der Waals surface area contributed by atoms with Crippen molar-refractivity contribution >= 4 is 34.9 Å². The summed E-state index contributed by atoms with van der Waals surface area (Å²) in [5, 5.41) is 20.1. The van der Waals surface area contributed by atoms with Crippen LogP contribution in [0.1, 0.15) is 61.8 Å². The fourth-order valence-corrected chi connectivity index (χ4v) is 5.16. The lowest BCUT2D eigenvalue weighted by Gasteiger charge is -2.25. The van der Waals surface area contributed by atoms with E-state index in [2.05, 4.69) is 35.5 Å². The summed E-state index contributed by atoms with van der Waals surface area (Å²) in [7, 11) is 2.11. The Kier molecular flexibility index (Phi) is 10.4. The van der Waals surface area contributed by atoms with E-state index >= 15 is 0 Å². The molecule has 2 heterocycles. The summed E-state index contributed by atoms with van der Waals surface area (Å²) >= 11 is 6.64. The van der Waals surface area contributed by atoms with Gasteiger partial charge >= 0.3 is 11.9 Å². The third-order valence-corrected chi connectivity index (χ3v) is 7.07. The summed E-state index contributed by atoms with van der Waals surface area (Å²) in [6.07, 6.45) is 11.5. The molecule has 8 heteroatoms. The summed E-state index contributed by atoms with van der Waals surface area (Å²) < 4.78 is 0. The first-order valence-corrected chi connectivity index (χ1v) is 12.9. The number of hydrogen-bond donors (Lipinski definition) is 3. The molecular weight excluding hydrogens is 466 g/mol. The molecule has 0 spiro atoms. The van der Waals surface area contributed by atoms with Crippen molar-refractivity contribution in [1.29, 1.82) is 0 Å². The molecule has 2 aromatic rings. The molecule has 35 heavy (non-hydrogen) atoms. The highest BCUT2D eigenvalue weighted by Crippen LogP contribution is 2.37. The highest BCUT2D eigenvalue weighted by Gasteiger charge is 2.19. The lowest BCUT2D eigenvalue weighted by Crippen LogP contribution is -2.17. The maximum absolute atomic E-state index is 9.64. The number of aliphatic carboxylic acids is 2. The number of aromatic nitrogens is 1. The molecular formula is C27H36ClN3O4. The van der Waals surface area contributed by atoms with E-state index < -0.39 is 11.9 Å². The second-order valence-corrected chi connectivity index (χ2v) is 9.75. The average Bonchev–Trinajstić information content (AvgIpc) is 3.09. The number of pyridine rings is 1. The molecule has 2 aliphatic rings. The number of fused-ring (bicyclic) bond motifs is 1. The Morgan fingerprint density at radius 3 is 2.34 bits per heavy atom. The van der Waals surface area contributed by atoms with Gasteiger partial charge in [0.25, 0.3) is 0 Å². The van der Waals surface area contributed by atoms with Gasteiger partial charge < -0.3 is 20.4 Å². The molecule has 4 rings (SSSR count). The second-order valence-electron chi connectivity index (χ2n) is 9.35. The molecule has 3 N–H and O–H groups in total. The second kappa shape index (κ2) is 13.4. The van der Waals surface area contributed by atoms with Crippen molar-refractivity contribution in [3.8, 4) is 0 Å². The Labute approximate surface area is 212 Å². The molecule has 1 saturated carbocycles. The van der Waals surface area contributed by atoms with Crippen LogP contribution in [-0.2, 0) is 28.9 Å². The largest absolute Gasteiger partial charge is 0.481 e. The van der Waals surface area contributed by atoms with E-state index in [9.17, 15) is 9.59 Å². The molecule has 0 amide bonds. The van der Waals surface area contributed by atoms with Gasteiger partial charge in [-0.1, -0.05) is 49.8 Å². The van der Waals surface area contributed by atoms with Crippen LogP contribution in [0, 0.1) is 5.92 Å². The quantitative estimate of drug-likeness (QED) is 0.476. The Hall–Kier alpha value is -2.64. The van der Waals surface area contributed by atoms with Crippen molar-refractivity contribution < 1.29 is 19.8 Å². The van der Waals surface area contributed by atoms with E-state index in [4.69, 9.17) is 26.8 Å². The summed E-state index contributed by atoms with van der Waals surface area (Å²) in [4.78, 5) is 26.3. The lowest BCUT2D eigenvalue weighted by molar-refractivity contribution is -0.143. The molecule has 1 fully saturated rings. The van der Waals surface area contributed by atoms with Crippen molar-refractivity contribution in [3.63, 3.8) is 0 Å². The van der Waals surface area contributed by atoms with E-state index in [0.29, 0.717) is 0 Å². The molecule has 0 radical (unpaired) electrons. The van der Waals surface area contributed by atoms with Gasteiger partial charge in [0.1, 0.15) is 0 Å². The van der Waals surface area contributed by atoms with E-state index in [-0.39, 0.29) is 12.8 Å². The van der Waals surface area contributed by atoms with Gasteiger partial charge in [0.2, 0.25) is 0 Å². The molecule has 1 aromatic carbocycles. The summed E-state index contributed by atoms with van der Waals surface area (Å²) in [5.41, 5.74) is 6.25. The number of anilines is 2. The number of rotatable bonds is 7. The van der Waals surface area contributed by atoms with Crippen LogP contribution in [0.3, 0.4) is 0 Å². The molecule has 1 aromatic heterocycles. The predicted molar refractivity (Wildman–Crippen MR) is 139 cm³/mol. The number of benzene rings is 1. The Balaban J connectivity index is 0.000000371. The first kappa shape index (κ1) is 27.0. The van der Waals surface area contributed by atoms with Crippen LogP contribution in [0.2, 0.25) is 5.02 Å². The number of carbonyl (C=O) groups is 2. The van der Waals surface area contributed by atoms with E-state index in [1.165, 1.54) is 48.9 Å². The number of halogens is 1. The molecule has 7 nitrogen and oxygen atoms in total. The SMILES string of the molecule is CN(c1ccc(CC2CCCCC2)nc1)c1c(Cl)ccc2c1CCNCC2.O=C(O)CCC(=O)O. The number of nitrogens with zero attached hydrogens (tertiary/aromatic N) is 2. The Bertz CT molecular complexity index is 977. The minimum atomic E-state index is -1.08. The van der Waals surface area contributed by atoms with E-state index in [0.717, 1.165) is 54.7 Å². The lowest BCUT2D eigenvalue weighted by atomic mass is 9.86. The maximum Gasteiger partial charge on any atom is 0.303 e. The van der Waals surface area contributed by atoms with Crippen LogP contribution >= 0.6 is 11.6 Å². The maximum atomic E-state index is 9.64. The Morgan fingerprint density at radius 2 is 1.71 bits per heavy atom. The molecule has 0 bridgehead atoms. The van der Waals surface area contributed by atoms with Gasteiger partial charge in [-0.15, -0.1) is 0 Å². The van der Waals surface area contributed by atoms with Crippen LogP contribution in [0.5, 0.6) is 0 Å². The fourth-order valence-electron chi connectivity index (χ4n) is 4.85. The molecule has 1 aliphatic heterocycles. The van der Waals surface area contributed by atoms with E-state index in [1.807, 2.05) is 12.3 Å². The van der Waals surface area contributed by atoms with Crippen molar-refractivity contribution in [2.45, 2.75) is 64.2 Å². The fraction of sp³-hybridized carbons (Fsp3) is 0.519. The Morgan fingerprint density at radius 1 is 1.03 bits per heavy atom. The van der Waals surface area contributed by atoms with Gasteiger partial charge in [-0.3, -0.25) is 14.6 Å². The van der Waals surface area contributed by atoms with Gasteiger partial charge in [0, 0.05) is 12.7 Å². The normalized spacial score (nSPS) is 15.8. The first-order chi connectivity index (χ1) is 16.8. The molecule has 0 atom stereocenters. The van der Waals surface area contributed by atoms with Gasteiger partial charge in [-0.2, -0.15) is 0 Å².